The number of nitrogens with zero attached hydrogens (tertiary/aromatic N) is 1. The first-order chi connectivity index (χ1) is 8.78. The van der Waals surface area contributed by atoms with E-state index in [9.17, 15) is 4.79 Å². The summed E-state index contributed by atoms with van der Waals surface area (Å²) in [5.74, 6) is 1.24. The van der Waals surface area contributed by atoms with Gasteiger partial charge in [0.15, 0.2) is 5.82 Å². The highest BCUT2D eigenvalue weighted by Crippen LogP contribution is 2.17. The van der Waals surface area contributed by atoms with Gasteiger partial charge in [0.05, 0.1) is 0 Å². The molecule has 5 heteroatoms. The molecule has 1 aromatic rings. The maximum absolute atomic E-state index is 11.9. The van der Waals surface area contributed by atoms with Crippen LogP contribution in [0.4, 0.5) is 5.82 Å². The van der Waals surface area contributed by atoms with Gasteiger partial charge in [0.1, 0.15) is 0 Å². The molecule has 0 atom stereocenters. The lowest BCUT2D eigenvalue weighted by molar-refractivity contribution is -0.117. The van der Waals surface area contributed by atoms with E-state index in [4.69, 9.17) is 0 Å². The third-order valence-electron chi connectivity index (χ3n) is 3.35. The van der Waals surface area contributed by atoms with Crippen molar-refractivity contribution in [3.05, 3.63) is 11.8 Å². The Hall–Kier alpha value is -1.36. The minimum absolute atomic E-state index is 0.0800. The molecular formula is C13H22N4O. The maximum atomic E-state index is 11.9. The number of H-pyrrole nitrogens is 1. The lowest BCUT2D eigenvalue weighted by Gasteiger charge is -2.21. The van der Waals surface area contributed by atoms with E-state index < -0.39 is 0 Å². The first kappa shape index (κ1) is 13.1. The second-order valence-electron chi connectivity index (χ2n) is 4.97. The van der Waals surface area contributed by atoms with Crippen LogP contribution in [-0.2, 0) is 11.2 Å². The number of amides is 1. The summed E-state index contributed by atoms with van der Waals surface area (Å²) in [6.07, 6.45) is 4.84. The molecule has 1 amide bonds. The molecule has 0 aliphatic carbocycles. The Morgan fingerprint density at radius 2 is 2.28 bits per heavy atom. The second-order valence-corrected chi connectivity index (χ2v) is 4.97. The smallest absolute Gasteiger partial charge is 0.225 e. The van der Waals surface area contributed by atoms with E-state index in [1.807, 2.05) is 6.07 Å². The third-order valence-corrected chi connectivity index (χ3v) is 3.35. The van der Waals surface area contributed by atoms with Crippen LogP contribution in [0.5, 0.6) is 0 Å². The number of hydrogen-bond acceptors (Lipinski definition) is 3. The lowest BCUT2D eigenvalue weighted by Crippen LogP contribution is -2.30. The normalized spacial score (nSPS) is 16.7. The number of rotatable bonds is 5. The van der Waals surface area contributed by atoms with E-state index in [1.54, 1.807) is 0 Å². The monoisotopic (exact) mass is 250 g/mol. The van der Waals surface area contributed by atoms with Gasteiger partial charge in [-0.05, 0) is 38.3 Å². The average Bonchev–Trinajstić information content (AvgIpc) is 2.78. The predicted molar refractivity (Wildman–Crippen MR) is 71.4 cm³/mol. The fourth-order valence-corrected chi connectivity index (χ4v) is 2.36. The quantitative estimate of drug-likeness (QED) is 0.745. The summed E-state index contributed by atoms with van der Waals surface area (Å²) in [7, 11) is 0. The van der Waals surface area contributed by atoms with Gasteiger partial charge in [-0.1, -0.05) is 13.3 Å². The summed E-state index contributed by atoms with van der Waals surface area (Å²) in [4.78, 5) is 11.9. The maximum Gasteiger partial charge on any atom is 0.225 e. The molecule has 0 saturated carbocycles. The third kappa shape index (κ3) is 3.84. The molecule has 1 aliphatic rings. The summed E-state index contributed by atoms with van der Waals surface area (Å²) < 4.78 is 0. The van der Waals surface area contributed by atoms with Crippen molar-refractivity contribution in [1.29, 1.82) is 0 Å². The molecule has 0 radical (unpaired) electrons. The van der Waals surface area contributed by atoms with Gasteiger partial charge < -0.3 is 10.6 Å². The van der Waals surface area contributed by atoms with Gasteiger partial charge in [0.2, 0.25) is 5.91 Å². The number of carbonyl (C=O) groups is 1. The Morgan fingerprint density at radius 3 is 3.00 bits per heavy atom. The average molecular weight is 250 g/mol. The van der Waals surface area contributed by atoms with E-state index in [2.05, 4.69) is 27.8 Å². The number of piperidine rings is 1. The number of carbonyl (C=O) groups excluding carboxylic acids is 1. The second kappa shape index (κ2) is 6.54. The minimum Gasteiger partial charge on any atom is -0.317 e. The Balaban J connectivity index is 1.78. The van der Waals surface area contributed by atoms with Crippen molar-refractivity contribution in [3.8, 4) is 0 Å². The van der Waals surface area contributed by atoms with Crippen molar-refractivity contribution in [2.24, 2.45) is 5.92 Å². The highest BCUT2D eigenvalue weighted by molar-refractivity contribution is 5.89. The van der Waals surface area contributed by atoms with Crippen LogP contribution in [0.25, 0.3) is 0 Å². The van der Waals surface area contributed by atoms with Gasteiger partial charge in [-0.2, -0.15) is 5.10 Å². The molecule has 1 aliphatic heterocycles. The van der Waals surface area contributed by atoms with E-state index in [0.29, 0.717) is 18.2 Å². The van der Waals surface area contributed by atoms with E-state index in [-0.39, 0.29) is 5.91 Å². The molecule has 0 bridgehead atoms. The van der Waals surface area contributed by atoms with Crippen LogP contribution in [0, 0.1) is 5.92 Å². The zero-order valence-corrected chi connectivity index (χ0v) is 11.0. The SMILES string of the molecule is CCCc1cc(NC(=O)CC2CCNCC2)n[nH]1. The van der Waals surface area contributed by atoms with Crippen LogP contribution in [0.15, 0.2) is 6.07 Å². The first-order valence-electron chi connectivity index (χ1n) is 6.82. The number of aromatic nitrogens is 2. The molecule has 0 spiro atoms. The Bertz CT molecular complexity index is 382. The molecule has 1 saturated heterocycles. The van der Waals surface area contributed by atoms with Gasteiger partial charge in [-0.25, -0.2) is 0 Å². The Kier molecular flexibility index (Phi) is 4.75. The van der Waals surface area contributed by atoms with Crippen LogP contribution in [0.1, 0.15) is 38.3 Å². The summed E-state index contributed by atoms with van der Waals surface area (Å²) in [5.41, 5.74) is 1.08. The van der Waals surface area contributed by atoms with Gasteiger partial charge >= 0.3 is 0 Å². The van der Waals surface area contributed by atoms with Gasteiger partial charge in [-0.15, -0.1) is 0 Å². The highest BCUT2D eigenvalue weighted by atomic mass is 16.1. The fraction of sp³-hybridized carbons (Fsp3) is 0.692. The minimum atomic E-state index is 0.0800. The molecule has 5 nitrogen and oxygen atoms in total. The van der Waals surface area contributed by atoms with Crippen molar-refractivity contribution in [3.63, 3.8) is 0 Å². The Labute approximate surface area is 108 Å². The summed E-state index contributed by atoms with van der Waals surface area (Å²) >= 11 is 0. The fourth-order valence-electron chi connectivity index (χ4n) is 2.36. The van der Waals surface area contributed by atoms with Crippen LogP contribution in [-0.4, -0.2) is 29.2 Å². The number of aryl methyl sites for hydroxylation is 1. The molecule has 18 heavy (non-hydrogen) atoms. The van der Waals surface area contributed by atoms with Crippen LogP contribution < -0.4 is 10.6 Å². The van der Waals surface area contributed by atoms with Gasteiger partial charge in [-0.3, -0.25) is 9.89 Å². The van der Waals surface area contributed by atoms with Crippen LogP contribution in [0.2, 0.25) is 0 Å². The topological polar surface area (TPSA) is 69.8 Å². The molecule has 0 aromatic carbocycles. The Morgan fingerprint density at radius 1 is 1.50 bits per heavy atom. The molecule has 1 aromatic heterocycles. The lowest BCUT2D eigenvalue weighted by atomic mass is 9.94. The van der Waals surface area contributed by atoms with Crippen molar-refractivity contribution >= 4 is 11.7 Å². The number of nitrogens with one attached hydrogen (secondary N) is 3. The molecule has 2 heterocycles. The standard InChI is InChI=1S/C13H22N4O/c1-2-3-11-9-12(17-16-11)15-13(18)8-10-4-6-14-7-5-10/h9-10,14H,2-8H2,1H3,(H2,15,16,17,18). The summed E-state index contributed by atoms with van der Waals surface area (Å²) in [6, 6.07) is 1.92. The first-order valence-corrected chi connectivity index (χ1v) is 6.82. The number of anilines is 1. The number of hydrogen-bond donors (Lipinski definition) is 3. The van der Waals surface area contributed by atoms with Crippen molar-refractivity contribution in [2.75, 3.05) is 18.4 Å². The van der Waals surface area contributed by atoms with Gasteiger partial charge in [0, 0.05) is 18.2 Å². The van der Waals surface area contributed by atoms with E-state index >= 15 is 0 Å². The van der Waals surface area contributed by atoms with Crippen LogP contribution >= 0.6 is 0 Å². The molecule has 2 rings (SSSR count). The zero-order valence-electron chi connectivity index (χ0n) is 11.0. The largest absolute Gasteiger partial charge is 0.317 e. The van der Waals surface area contributed by atoms with Gasteiger partial charge in [0.25, 0.3) is 0 Å². The highest BCUT2D eigenvalue weighted by Gasteiger charge is 2.17. The van der Waals surface area contributed by atoms with Crippen molar-refractivity contribution in [2.45, 2.75) is 39.0 Å². The van der Waals surface area contributed by atoms with E-state index in [1.165, 1.54) is 0 Å². The van der Waals surface area contributed by atoms with Crippen molar-refractivity contribution < 1.29 is 4.79 Å². The summed E-state index contributed by atoms with van der Waals surface area (Å²) in [5, 5.41) is 13.2. The van der Waals surface area contributed by atoms with Crippen molar-refractivity contribution in [1.82, 2.24) is 15.5 Å². The van der Waals surface area contributed by atoms with Crippen LogP contribution in [0.3, 0.4) is 0 Å². The number of aromatic amines is 1. The molecule has 1 fully saturated rings. The predicted octanol–water partition coefficient (Wildman–Crippen LogP) is 1.69. The molecule has 100 valence electrons. The van der Waals surface area contributed by atoms with E-state index in [0.717, 1.165) is 44.5 Å². The zero-order chi connectivity index (χ0) is 12.8. The molecular weight excluding hydrogens is 228 g/mol. The molecule has 3 N–H and O–H groups in total. The summed E-state index contributed by atoms with van der Waals surface area (Å²) in [6.45, 7) is 4.18. The molecule has 0 unspecified atom stereocenters.